The maximum absolute atomic E-state index is 14.6. The summed E-state index contributed by atoms with van der Waals surface area (Å²) in [5.74, 6) is -1.21. The van der Waals surface area contributed by atoms with Crippen molar-refractivity contribution in [1.82, 2.24) is 0 Å². The van der Waals surface area contributed by atoms with Crippen LogP contribution in [0.15, 0.2) is 84.9 Å². The molecule has 0 radical (unpaired) electrons. The second kappa shape index (κ2) is 7.12. The summed E-state index contributed by atoms with van der Waals surface area (Å²) in [6.45, 7) is 0. The lowest BCUT2D eigenvalue weighted by Gasteiger charge is -2.13. The third-order valence-electron chi connectivity index (χ3n) is 4.96. The van der Waals surface area contributed by atoms with Gasteiger partial charge in [-0.1, -0.05) is 60.7 Å². The van der Waals surface area contributed by atoms with Crippen LogP contribution < -0.4 is 9.47 Å². The van der Waals surface area contributed by atoms with Gasteiger partial charge in [-0.15, -0.1) is 0 Å². The minimum Gasteiger partial charge on any atom is -0.394 e. The van der Waals surface area contributed by atoms with Crippen molar-refractivity contribution >= 4 is 38.5 Å². The fourth-order valence-corrected chi connectivity index (χ4v) is 3.66. The molecule has 0 saturated carbocycles. The number of ether oxygens (including phenoxy) is 2. The Morgan fingerprint density at radius 2 is 1.37 bits per heavy atom. The van der Waals surface area contributed by atoms with Gasteiger partial charge in [0.15, 0.2) is 5.75 Å². The predicted octanol–water partition coefficient (Wildman–Crippen LogP) is 7.00. The first-order valence-electron chi connectivity index (χ1n) is 9.28. The Balaban J connectivity index is 1.61. The zero-order chi connectivity index (χ0) is 20.7. The molecule has 0 saturated heterocycles. The van der Waals surface area contributed by atoms with Gasteiger partial charge in [0.2, 0.25) is 0 Å². The van der Waals surface area contributed by atoms with E-state index < -0.39 is 17.8 Å². The van der Waals surface area contributed by atoms with E-state index in [4.69, 9.17) is 9.47 Å². The van der Waals surface area contributed by atoms with Crippen molar-refractivity contribution in [2.75, 3.05) is 0 Å². The number of fused-ring (bicyclic) bond motifs is 3. The van der Waals surface area contributed by atoms with Gasteiger partial charge < -0.3 is 9.47 Å². The minimum absolute atomic E-state index is 0.00848. The van der Waals surface area contributed by atoms with Crippen molar-refractivity contribution in [1.29, 1.82) is 0 Å². The zero-order valence-corrected chi connectivity index (χ0v) is 15.6. The molecule has 0 aliphatic rings. The summed E-state index contributed by atoms with van der Waals surface area (Å²) >= 11 is 0. The molecular weight excluding hydrogens is 386 g/mol. The van der Waals surface area contributed by atoms with Gasteiger partial charge in [0.1, 0.15) is 17.4 Å². The molecule has 0 spiro atoms. The van der Waals surface area contributed by atoms with Crippen LogP contribution in [-0.4, -0.2) is 6.16 Å². The maximum atomic E-state index is 14.6. The normalized spacial score (nSPS) is 11.1. The first-order chi connectivity index (χ1) is 14.6. The summed E-state index contributed by atoms with van der Waals surface area (Å²) < 4.78 is 39.3. The van der Waals surface area contributed by atoms with Crippen molar-refractivity contribution < 1.29 is 23.0 Å². The highest BCUT2D eigenvalue weighted by Crippen LogP contribution is 2.37. The summed E-state index contributed by atoms with van der Waals surface area (Å²) in [6, 6.07) is 23.4. The number of carbonyl (C=O) groups excluding carboxylic acids is 1. The van der Waals surface area contributed by atoms with Crippen LogP contribution in [0.2, 0.25) is 0 Å². The van der Waals surface area contributed by atoms with Crippen molar-refractivity contribution in [3.8, 4) is 11.5 Å². The Kier molecular flexibility index (Phi) is 4.29. The van der Waals surface area contributed by atoms with E-state index in [1.165, 1.54) is 6.07 Å². The van der Waals surface area contributed by atoms with E-state index in [0.717, 1.165) is 16.8 Å². The molecule has 0 atom stereocenters. The summed E-state index contributed by atoms with van der Waals surface area (Å²) in [4.78, 5) is 12.7. The number of halogens is 2. The van der Waals surface area contributed by atoms with E-state index in [-0.39, 0.29) is 11.1 Å². The van der Waals surface area contributed by atoms with Crippen LogP contribution in [0, 0.1) is 11.6 Å². The molecule has 5 heteroatoms. The van der Waals surface area contributed by atoms with Crippen molar-refractivity contribution in [3.05, 3.63) is 96.6 Å². The fraction of sp³-hybridized carbons (Fsp3) is 0. The second-order valence-corrected chi connectivity index (χ2v) is 6.84. The molecule has 0 bridgehead atoms. The Bertz CT molecular complexity index is 1440. The molecule has 0 heterocycles. The van der Waals surface area contributed by atoms with Crippen molar-refractivity contribution in [3.63, 3.8) is 0 Å². The molecule has 0 aliphatic carbocycles. The van der Waals surface area contributed by atoms with Crippen molar-refractivity contribution in [2.24, 2.45) is 0 Å². The number of hydrogen-bond acceptors (Lipinski definition) is 3. The lowest BCUT2D eigenvalue weighted by molar-refractivity contribution is 0.153. The van der Waals surface area contributed by atoms with Crippen molar-refractivity contribution in [2.45, 2.75) is 0 Å². The predicted molar refractivity (Wildman–Crippen MR) is 112 cm³/mol. The Morgan fingerprint density at radius 3 is 2.20 bits per heavy atom. The van der Waals surface area contributed by atoms with Gasteiger partial charge in [0, 0.05) is 16.8 Å². The monoisotopic (exact) mass is 400 g/mol. The van der Waals surface area contributed by atoms with Gasteiger partial charge in [-0.25, -0.2) is 13.6 Å². The number of rotatable bonds is 2. The average molecular weight is 400 g/mol. The summed E-state index contributed by atoms with van der Waals surface area (Å²) in [5.41, 5.74) is 0. The van der Waals surface area contributed by atoms with Gasteiger partial charge in [-0.3, -0.25) is 0 Å². The van der Waals surface area contributed by atoms with E-state index >= 15 is 0 Å². The maximum Gasteiger partial charge on any atom is 0.519 e. The number of hydrogen-bond donors (Lipinski definition) is 0. The SMILES string of the molecule is O=C(Oc1cccc2ccccc12)Oc1c2ccccc2cc2cc(F)cc(F)c12. The smallest absolute Gasteiger partial charge is 0.394 e. The molecule has 0 N–H and O–H groups in total. The first kappa shape index (κ1) is 18.1. The van der Waals surface area contributed by atoms with Crippen LogP contribution in [0.4, 0.5) is 13.6 Å². The Morgan fingerprint density at radius 1 is 0.667 bits per heavy atom. The highest BCUT2D eigenvalue weighted by atomic mass is 19.1. The highest BCUT2D eigenvalue weighted by molar-refractivity contribution is 6.06. The van der Waals surface area contributed by atoms with E-state index in [0.29, 0.717) is 21.9 Å². The third kappa shape index (κ3) is 3.10. The topological polar surface area (TPSA) is 35.5 Å². The highest BCUT2D eigenvalue weighted by Gasteiger charge is 2.19. The Labute approximate surface area is 170 Å². The fourth-order valence-electron chi connectivity index (χ4n) is 3.66. The molecular formula is C25H14F2O3. The molecule has 0 amide bonds. The zero-order valence-electron chi connectivity index (χ0n) is 15.6. The van der Waals surface area contributed by atoms with Gasteiger partial charge in [0.05, 0.1) is 5.39 Å². The minimum atomic E-state index is -1.01. The molecule has 146 valence electrons. The van der Waals surface area contributed by atoms with Crippen LogP contribution in [0.25, 0.3) is 32.3 Å². The van der Waals surface area contributed by atoms with Crippen LogP contribution in [-0.2, 0) is 0 Å². The van der Waals surface area contributed by atoms with E-state index in [2.05, 4.69) is 0 Å². The first-order valence-corrected chi connectivity index (χ1v) is 9.28. The molecule has 0 aromatic heterocycles. The average Bonchev–Trinajstić information content (AvgIpc) is 2.73. The van der Waals surface area contributed by atoms with Crippen LogP contribution in [0.3, 0.4) is 0 Å². The summed E-state index contributed by atoms with van der Waals surface area (Å²) in [6.07, 6.45) is -1.01. The van der Waals surface area contributed by atoms with Gasteiger partial charge >= 0.3 is 6.16 Å². The van der Waals surface area contributed by atoms with E-state index in [1.54, 1.807) is 42.5 Å². The van der Waals surface area contributed by atoms with E-state index in [1.807, 2.05) is 30.3 Å². The summed E-state index contributed by atoms with van der Waals surface area (Å²) in [7, 11) is 0. The quantitative estimate of drug-likeness (QED) is 0.182. The third-order valence-corrected chi connectivity index (χ3v) is 4.96. The molecule has 30 heavy (non-hydrogen) atoms. The lowest BCUT2D eigenvalue weighted by atomic mass is 10.0. The van der Waals surface area contributed by atoms with Crippen LogP contribution >= 0.6 is 0 Å². The molecule has 0 fully saturated rings. The lowest BCUT2D eigenvalue weighted by Crippen LogP contribution is -2.14. The standard InChI is InChI=1S/C25H14F2O3/c26-18-13-17-12-16-7-2-4-10-20(16)24(23(17)21(27)14-18)30-25(28)29-22-11-5-8-15-6-1-3-9-19(15)22/h1-14H. The Hall–Kier alpha value is -3.99. The molecule has 5 aromatic rings. The van der Waals surface area contributed by atoms with Gasteiger partial charge in [0.25, 0.3) is 0 Å². The molecule has 5 aromatic carbocycles. The van der Waals surface area contributed by atoms with Gasteiger partial charge in [-0.05, 0) is 34.4 Å². The molecule has 0 unspecified atom stereocenters. The second-order valence-electron chi connectivity index (χ2n) is 6.84. The summed E-state index contributed by atoms with van der Waals surface area (Å²) in [5, 5.41) is 3.16. The molecule has 5 rings (SSSR count). The number of benzene rings is 5. The molecule has 3 nitrogen and oxygen atoms in total. The largest absolute Gasteiger partial charge is 0.519 e. The van der Waals surface area contributed by atoms with Crippen LogP contribution in [0.1, 0.15) is 0 Å². The van der Waals surface area contributed by atoms with Gasteiger partial charge in [-0.2, -0.15) is 0 Å². The number of carbonyl (C=O) groups is 1. The molecule has 0 aliphatic heterocycles. The van der Waals surface area contributed by atoms with Crippen LogP contribution in [0.5, 0.6) is 11.5 Å². The van der Waals surface area contributed by atoms with E-state index in [9.17, 15) is 13.6 Å².